The van der Waals surface area contributed by atoms with Gasteiger partial charge in [0.15, 0.2) is 0 Å². The van der Waals surface area contributed by atoms with Crippen LogP contribution >= 0.6 is 0 Å². The van der Waals surface area contributed by atoms with Crippen molar-refractivity contribution < 1.29 is 9.21 Å². The van der Waals surface area contributed by atoms with E-state index in [4.69, 9.17) is 9.40 Å². The molecule has 7 nitrogen and oxygen atoms in total. The Balaban J connectivity index is 1.34. The summed E-state index contributed by atoms with van der Waals surface area (Å²) in [5, 5.41) is 3.53. The van der Waals surface area contributed by atoms with Gasteiger partial charge in [-0.1, -0.05) is 18.2 Å². The zero-order valence-corrected chi connectivity index (χ0v) is 17.0. The molecule has 32 heavy (non-hydrogen) atoms. The molecule has 1 aliphatic rings. The minimum Gasteiger partial charge on any atom is -0.467 e. The molecule has 0 bridgehead atoms. The highest BCUT2D eigenvalue weighted by Crippen LogP contribution is 2.36. The lowest BCUT2D eigenvalue weighted by atomic mass is 10.1. The van der Waals surface area contributed by atoms with Crippen LogP contribution in [0.5, 0.6) is 0 Å². The largest absolute Gasteiger partial charge is 0.467 e. The number of hydrogen-bond acceptors (Lipinski definition) is 5. The zero-order chi connectivity index (χ0) is 21.5. The topological polar surface area (TPSA) is 87.0 Å². The fraction of sp³-hybridized carbons (Fsp3) is 0.0800. The van der Waals surface area contributed by atoms with Crippen molar-refractivity contribution in [2.24, 2.45) is 0 Å². The average Bonchev–Trinajstić information content (AvgIpc) is 3.55. The molecule has 0 radical (unpaired) electrons. The van der Waals surface area contributed by atoms with Crippen LogP contribution in [0.1, 0.15) is 27.8 Å². The summed E-state index contributed by atoms with van der Waals surface area (Å²) >= 11 is 0. The maximum Gasteiger partial charge on any atom is 0.256 e. The van der Waals surface area contributed by atoms with Gasteiger partial charge in [0.25, 0.3) is 5.91 Å². The summed E-state index contributed by atoms with van der Waals surface area (Å²) in [5.74, 6) is 1.49. The van der Waals surface area contributed by atoms with Crippen molar-refractivity contribution in [2.45, 2.75) is 12.7 Å². The van der Waals surface area contributed by atoms with E-state index in [-0.39, 0.29) is 12.1 Å². The second kappa shape index (κ2) is 7.39. The maximum atomic E-state index is 13.1. The Morgan fingerprint density at radius 1 is 1.06 bits per heavy atom. The standard InChI is InChI=1S/C25H19N5O2/c31-25-20-8-2-1-7-19(20)24(30(25)15-18-6-4-12-32-18)27-17-9-10-21-22(13-17)29-23(28-21)16-5-3-11-26-14-16/h1-14,24,27H,15H2,(H,28,29). The molecule has 156 valence electrons. The van der Waals surface area contributed by atoms with Gasteiger partial charge in [-0.3, -0.25) is 9.78 Å². The molecular formula is C25H19N5O2. The van der Waals surface area contributed by atoms with Crippen LogP contribution in [0.2, 0.25) is 0 Å². The number of carbonyl (C=O) groups is 1. The third-order valence-corrected chi connectivity index (χ3v) is 5.69. The first-order valence-electron chi connectivity index (χ1n) is 10.4. The molecule has 1 aliphatic heterocycles. The SMILES string of the molecule is O=C1c2ccccc2C(Nc2ccc3[nH]c(-c4cccnc4)nc3c2)N1Cc1ccco1. The van der Waals surface area contributed by atoms with Gasteiger partial charge in [-0.15, -0.1) is 0 Å². The van der Waals surface area contributed by atoms with Crippen LogP contribution < -0.4 is 5.32 Å². The number of aromatic nitrogens is 3. The van der Waals surface area contributed by atoms with Crippen molar-refractivity contribution in [3.8, 4) is 11.4 Å². The van der Waals surface area contributed by atoms with Crippen molar-refractivity contribution in [3.05, 3.63) is 102 Å². The number of aromatic amines is 1. The molecule has 4 heterocycles. The molecule has 0 saturated carbocycles. The Labute approximate surface area is 183 Å². The number of anilines is 1. The number of H-pyrrole nitrogens is 1. The highest BCUT2D eigenvalue weighted by atomic mass is 16.3. The number of nitrogens with zero attached hydrogens (tertiary/aromatic N) is 3. The van der Waals surface area contributed by atoms with Crippen molar-refractivity contribution in [1.29, 1.82) is 0 Å². The number of pyridine rings is 1. The Morgan fingerprint density at radius 3 is 2.84 bits per heavy atom. The number of furan rings is 1. The van der Waals surface area contributed by atoms with Crippen molar-refractivity contribution in [3.63, 3.8) is 0 Å². The van der Waals surface area contributed by atoms with Gasteiger partial charge in [-0.25, -0.2) is 4.98 Å². The van der Waals surface area contributed by atoms with Crippen molar-refractivity contribution >= 4 is 22.6 Å². The van der Waals surface area contributed by atoms with E-state index in [0.29, 0.717) is 12.1 Å². The first kappa shape index (κ1) is 18.4. The number of rotatable bonds is 5. The van der Waals surface area contributed by atoms with Gasteiger partial charge < -0.3 is 19.6 Å². The molecule has 3 aromatic heterocycles. The van der Waals surface area contributed by atoms with Gasteiger partial charge in [0, 0.05) is 34.8 Å². The molecule has 6 rings (SSSR count). The third kappa shape index (κ3) is 3.11. The predicted molar refractivity (Wildman–Crippen MR) is 121 cm³/mol. The highest BCUT2D eigenvalue weighted by Gasteiger charge is 2.36. The lowest BCUT2D eigenvalue weighted by Crippen LogP contribution is -2.31. The predicted octanol–water partition coefficient (Wildman–Crippen LogP) is 4.98. The molecule has 0 spiro atoms. The third-order valence-electron chi connectivity index (χ3n) is 5.69. The molecule has 0 aliphatic carbocycles. The van der Waals surface area contributed by atoms with Gasteiger partial charge in [0.2, 0.25) is 0 Å². The van der Waals surface area contributed by atoms with E-state index in [1.165, 1.54) is 0 Å². The summed E-state index contributed by atoms with van der Waals surface area (Å²) < 4.78 is 5.50. The molecule has 1 amide bonds. The number of fused-ring (bicyclic) bond motifs is 2. The van der Waals surface area contributed by atoms with Crippen LogP contribution in [0, 0.1) is 0 Å². The number of benzene rings is 2. The molecule has 5 aromatic rings. The van der Waals surface area contributed by atoms with Crippen LogP contribution in [0.4, 0.5) is 5.69 Å². The van der Waals surface area contributed by atoms with Crippen LogP contribution in [-0.4, -0.2) is 25.8 Å². The van der Waals surface area contributed by atoms with Gasteiger partial charge in [0.05, 0.1) is 23.8 Å². The Kier molecular flexibility index (Phi) is 4.24. The minimum atomic E-state index is -0.307. The van der Waals surface area contributed by atoms with Crippen molar-refractivity contribution in [2.75, 3.05) is 5.32 Å². The van der Waals surface area contributed by atoms with E-state index >= 15 is 0 Å². The molecule has 1 atom stereocenters. The quantitative estimate of drug-likeness (QED) is 0.418. The van der Waals surface area contributed by atoms with Gasteiger partial charge in [-0.2, -0.15) is 0 Å². The number of amides is 1. The number of nitrogens with one attached hydrogen (secondary N) is 2. The summed E-state index contributed by atoms with van der Waals surface area (Å²) in [7, 11) is 0. The van der Waals surface area contributed by atoms with Crippen LogP contribution in [0.15, 0.2) is 89.8 Å². The molecule has 7 heteroatoms. The Morgan fingerprint density at radius 2 is 2.00 bits per heavy atom. The first-order chi connectivity index (χ1) is 15.8. The van der Waals surface area contributed by atoms with E-state index < -0.39 is 0 Å². The Hall–Kier alpha value is -4.39. The first-order valence-corrected chi connectivity index (χ1v) is 10.4. The van der Waals surface area contributed by atoms with E-state index in [1.54, 1.807) is 23.6 Å². The van der Waals surface area contributed by atoms with E-state index in [1.807, 2.05) is 66.7 Å². The van der Waals surface area contributed by atoms with Gasteiger partial charge >= 0.3 is 0 Å². The number of carbonyl (C=O) groups excluding carboxylic acids is 1. The van der Waals surface area contributed by atoms with Crippen LogP contribution in [-0.2, 0) is 6.54 Å². The second-order valence-corrected chi connectivity index (χ2v) is 7.71. The minimum absolute atomic E-state index is 0.0192. The molecular weight excluding hydrogens is 402 g/mol. The number of imidazole rings is 1. The lowest BCUT2D eigenvalue weighted by molar-refractivity contribution is 0.0715. The van der Waals surface area contributed by atoms with E-state index in [0.717, 1.165) is 39.4 Å². The van der Waals surface area contributed by atoms with E-state index in [2.05, 4.69) is 15.3 Å². The summed E-state index contributed by atoms with van der Waals surface area (Å²) in [5.41, 5.74) is 5.23. The average molecular weight is 421 g/mol. The summed E-state index contributed by atoms with van der Waals surface area (Å²) in [6.45, 7) is 0.383. The fourth-order valence-corrected chi connectivity index (χ4v) is 4.15. The molecule has 0 saturated heterocycles. The van der Waals surface area contributed by atoms with Crippen molar-refractivity contribution in [1.82, 2.24) is 19.9 Å². The monoisotopic (exact) mass is 421 g/mol. The second-order valence-electron chi connectivity index (χ2n) is 7.71. The summed E-state index contributed by atoms with van der Waals surface area (Å²) in [6, 6.07) is 21.2. The summed E-state index contributed by atoms with van der Waals surface area (Å²) in [6.07, 6.45) is 4.84. The normalized spacial score (nSPS) is 15.3. The van der Waals surface area contributed by atoms with Gasteiger partial charge in [-0.05, 0) is 48.5 Å². The fourth-order valence-electron chi connectivity index (χ4n) is 4.15. The molecule has 2 aromatic carbocycles. The van der Waals surface area contributed by atoms with Crippen LogP contribution in [0.25, 0.3) is 22.4 Å². The zero-order valence-electron chi connectivity index (χ0n) is 17.0. The highest BCUT2D eigenvalue weighted by molar-refractivity contribution is 5.99. The van der Waals surface area contributed by atoms with Gasteiger partial charge in [0.1, 0.15) is 17.8 Å². The number of hydrogen-bond donors (Lipinski definition) is 2. The maximum absolute atomic E-state index is 13.1. The molecule has 2 N–H and O–H groups in total. The molecule has 1 unspecified atom stereocenters. The van der Waals surface area contributed by atoms with E-state index in [9.17, 15) is 4.79 Å². The van der Waals surface area contributed by atoms with Crippen LogP contribution in [0.3, 0.4) is 0 Å². The summed E-state index contributed by atoms with van der Waals surface area (Å²) in [4.78, 5) is 27.1. The lowest BCUT2D eigenvalue weighted by Gasteiger charge is -2.26. The smallest absolute Gasteiger partial charge is 0.256 e. The Bertz CT molecular complexity index is 1410. The molecule has 0 fully saturated rings.